The van der Waals surface area contributed by atoms with Crippen LogP contribution in [0.5, 0.6) is 0 Å². The molecule has 2 aromatic rings. The van der Waals surface area contributed by atoms with E-state index in [9.17, 15) is 9.59 Å². The monoisotopic (exact) mass is 385 g/mol. The number of aromatic nitrogens is 2. The molecule has 1 aromatic carbocycles. The van der Waals surface area contributed by atoms with Gasteiger partial charge in [0.15, 0.2) is 5.82 Å². The van der Waals surface area contributed by atoms with Crippen LogP contribution in [0.2, 0.25) is 0 Å². The van der Waals surface area contributed by atoms with Crippen molar-refractivity contribution in [3.05, 3.63) is 47.8 Å². The molecule has 3 rings (SSSR count). The number of esters is 1. The van der Waals surface area contributed by atoms with Crippen molar-refractivity contribution in [2.24, 2.45) is 4.99 Å². The molecule has 0 aliphatic carbocycles. The summed E-state index contributed by atoms with van der Waals surface area (Å²) < 4.78 is 4.74. The van der Waals surface area contributed by atoms with E-state index in [1.165, 1.54) is 18.9 Å². The predicted octanol–water partition coefficient (Wildman–Crippen LogP) is 2.99. The van der Waals surface area contributed by atoms with Crippen LogP contribution < -0.4 is 10.6 Å². The average molecular weight is 385 g/mol. The molecule has 0 atom stereocenters. The molecule has 0 spiro atoms. The van der Waals surface area contributed by atoms with E-state index in [0.29, 0.717) is 16.6 Å². The van der Waals surface area contributed by atoms with Gasteiger partial charge in [0, 0.05) is 17.5 Å². The third-order valence-electron chi connectivity index (χ3n) is 3.61. The highest BCUT2D eigenvalue weighted by Gasteiger charge is 2.15. The second-order valence-electron chi connectivity index (χ2n) is 5.79. The van der Waals surface area contributed by atoms with Crippen LogP contribution in [-0.4, -0.2) is 40.0 Å². The molecule has 1 aliphatic rings. The Balaban J connectivity index is 1.72. The molecule has 0 unspecified atom stereocenters. The van der Waals surface area contributed by atoms with Crippen molar-refractivity contribution in [1.29, 1.82) is 0 Å². The molecule has 8 nitrogen and oxygen atoms in total. The number of aromatic amines is 1. The van der Waals surface area contributed by atoms with E-state index in [4.69, 9.17) is 4.74 Å². The maximum Gasteiger partial charge on any atom is 0.311 e. The Morgan fingerprint density at radius 2 is 2.11 bits per heavy atom. The Bertz CT molecular complexity index is 919. The van der Waals surface area contributed by atoms with Crippen LogP contribution in [0, 0.1) is 6.92 Å². The number of aryl methyl sites for hydroxylation is 1. The van der Waals surface area contributed by atoms with Crippen molar-refractivity contribution in [3.63, 3.8) is 0 Å². The highest BCUT2D eigenvalue weighted by atomic mass is 32.2. The van der Waals surface area contributed by atoms with Gasteiger partial charge in [0.05, 0.1) is 35.7 Å². The van der Waals surface area contributed by atoms with Gasteiger partial charge < -0.3 is 15.4 Å². The molecule has 2 heterocycles. The van der Waals surface area contributed by atoms with E-state index < -0.39 is 0 Å². The number of fused-ring (bicyclic) bond motifs is 1. The minimum absolute atomic E-state index is 0.0865. The van der Waals surface area contributed by atoms with Crippen LogP contribution in [0.1, 0.15) is 12.1 Å². The maximum atomic E-state index is 12.2. The molecule has 1 amide bonds. The highest BCUT2D eigenvalue weighted by Crippen LogP contribution is 2.31. The lowest BCUT2D eigenvalue weighted by Gasteiger charge is -2.09. The second-order valence-corrected chi connectivity index (χ2v) is 6.78. The number of H-pyrrole nitrogens is 1. The van der Waals surface area contributed by atoms with Gasteiger partial charge in [0.2, 0.25) is 5.91 Å². The summed E-state index contributed by atoms with van der Waals surface area (Å²) in [5.41, 5.74) is 3.05. The standard InChI is InChI=1S/C18H19N5O3S/c1-11-7-15(23-22-11)21-16(24)10-27-17-8-12(9-18(25)26-2)19-13-5-3-4-6-14(13)20-17/h3-8,19H,9-10H2,1-2H3,(H2,21,22,23,24). The number of benzene rings is 1. The van der Waals surface area contributed by atoms with Crippen molar-refractivity contribution in [1.82, 2.24) is 10.2 Å². The van der Waals surface area contributed by atoms with Gasteiger partial charge in [-0.15, -0.1) is 0 Å². The number of hydrogen-bond acceptors (Lipinski definition) is 7. The Morgan fingerprint density at radius 3 is 2.85 bits per heavy atom. The van der Waals surface area contributed by atoms with E-state index in [2.05, 4.69) is 25.8 Å². The number of para-hydroxylation sites is 2. The smallest absolute Gasteiger partial charge is 0.311 e. The fraction of sp³-hybridized carbons (Fsp3) is 0.222. The van der Waals surface area contributed by atoms with Gasteiger partial charge in [-0.05, 0) is 25.1 Å². The zero-order valence-electron chi connectivity index (χ0n) is 14.9. The quantitative estimate of drug-likeness (QED) is 0.683. The Hall–Kier alpha value is -3.07. The van der Waals surface area contributed by atoms with E-state index in [-0.39, 0.29) is 24.1 Å². The van der Waals surface area contributed by atoms with Crippen molar-refractivity contribution in [2.75, 3.05) is 23.5 Å². The van der Waals surface area contributed by atoms with Gasteiger partial charge >= 0.3 is 5.97 Å². The minimum Gasteiger partial charge on any atom is -0.469 e. The lowest BCUT2D eigenvalue weighted by Crippen LogP contribution is -2.15. The number of thioether (sulfide) groups is 1. The SMILES string of the molecule is COC(=O)CC1=CC(SCC(=O)Nc2cc(C)[nH]n2)=Nc2ccccc2N1. The van der Waals surface area contributed by atoms with Crippen LogP contribution in [0.4, 0.5) is 17.2 Å². The molecule has 27 heavy (non-hydrogen) atoms. The zero-order valence-corrected chi connectivity index (χ0v) is 15.7. The van der Waals surface area contributed by atoms with E-state index in [0.717, 1.165) is 17.1 Å². The molecule has 140 valence electrons. The van der Waals surface area contributed by atoms with Gasteiger partial charge in [-0.2, -0.15) is 5.10 Å². The Labute approximate surface area is 160 Å². The molecule has 0 radical (unpaired) electrons. The van der Waals surface area contributed by atoms with Crippen LogP contribution >= 0.6 is 11.8 Å². The summed E-state index contributed by atoms with van der Waals surface area (Å²) in [5.74, 6) is 0.0936. The van der Waals surface area contributed by atoms with E-state index in [1.54, 1.807) is 12.1 Å². The van der Waals surface area contributed by atoms with Gasteiger partial charge in [0.25, 0.3) is 0 Å². The number of amides is 1. The highest BCUT2D eigenvalue weighted by molar-refractivity contribution is 8.14. The molecule has 1 aromatic heterocycles. The molecule has 9 heteroatoms. The number of ether oxygens (including phenoxy) is 1. The number of aliphatic imine (C=N–C) groups is 1. The van der Waals surface area contributed by atoms with Crippen molar-refractivity contribution in [3.8, 4) is 0 Å². The summed E-state index contributed by atoms with van der Waals surface area (Å²) in [4.78, 5) is 28.4. The third kappa shape index (κ3) is 5.20. The summed E-state index contributed by atoms with van der Waals surface area (Å²) in [6.45, 7) is 1.86. The molecule has 0 saturated heterocycles. The first kappa shape index (κ1) is 18.7. The largest absolute Gasteiger partial charge is 0.469 e. The zero-order chi connectivity index (χ0) is 19.2. The van der Waals surface area contributed by atoms with Crippen molar-refractivity contribution >= 4 is 45.9 Å². The van der Waals surface area contributed by atoms with E-state index in [1.807, 2.05) is 31.2 Å². The average Bonchev–Trinajstić information content (AvgIpc) is 2.96. The fourth-order valence-corrected chi connectivity index (χ4v) is 3.12. The maximum absolute atomic E-state index is 12.2. The lowest BCUT2D eigenvalue weighted by atomic mass is 10.2. The number of nitrogens with zero attached hydrogens (tertiary/aromatic N) is 2. The van der Waals surface area contributed by atoms with Gasteiger partial charge in [-0.25, -0.2) is 4.99 Å². The summed E-state index contributed by atoms with van der Waals surface area (Å²) in [5, 5.41) is 13.3. The molecule has 1 aliphatic heterocycles. The summed E-state index contributed by atoms with van der Waals surface area (Å²) in [6.07, 6.45) is 1.84. The minimum atomic E-state index is -0.357. The van der Waals surface area contributed by atoms with Gasteiger partial charge in [-0.1, -0.05) is 23.9 Å². The van der Waals surface area contributed by atoms with Crippen molar-refractivity contribution in [2.45, 2.75) is 13.3 Å². The first-order chi connectivity index (χ1) is 13.0. The first-order valence-electron chi connectivity index (χ1n) is 8.20. The molecule has 0 fully saturated rings. The van der Waals surface area contributed by atoms with Crippen LogP contribution in [0.25, 0.3) is 0 Å². The number of carbonyl (C=O) groups excluding carboxylic acids is 2. The van der Waals surface area contributed by atoms with Gasteiger partial charge in [0.1, 0.15) is 0 Å². The van der Waals surface area contributed by atoms with Crippen LogP contribution in [-0.2, 0) is 14.3 Å². The third-order valence-corrected chi connectivity index (χ3v) is 4.53. The number of nitrogens with one attached hydrogen (secondary N) is 3. The van der Waals surface area contributed by atoms with E-state index >= 15 is 0 Å². The molecule has 0 bridgehead atoms. The number of rotatable bonds is 5. The Kier molecular flexibility index (Phi) is 5.92. The molecular formula is C18H19N5O3S. The Morgan fingerprint density at radius 1 is 1.30 bits per heavy atom. The summed E-state index contributed by atoms with van der Waals surface area (Å²) >= 11 is 1.28. The summed E-state index contributed by atoms with van der Waals surface area (Å²) in [6, 6.07) is 9.26. The number of methoxy groups -OCH3 is 1. The van der Waals surface area contributed by atoms with Crippen LogP contribution in [0.15, 0.2) is 47.1 Å². The number of hydrogen-bond donors (Lipinski definition) is 3. The molecule has 0 saturated carbocycles. The number of carbonyl (C=O) groups is 2. The van der Waals surface area contributed by atoms with Crippen molar-refractivity contribution < 1.29 is 14.3 Å². The molecule has 3 N–H and O–H groups in total. The first-order valence-corrected chi connectivity index (χ1v) is 9.19. The summed E-state index contributed by atoms with van der Waals surface area (Å²) in [7, 11) is 1.35. The topological polar surface area (TPSA) is 108 Å². The lowest BCUT2D eigenvalue weighted by molar-refractivity contribution is -0.139. The second kappa shape index (κ2) is 8.54. The fourth-order valence-electron chi connectivity index (χ4n) is 2.38. The van der Waals surface area contributed by atoms with Gasteiger partial charge in [-0.3, -0.25) is 14.7 Å². The number of anilines is 2. The molecular weight excluding hydrogens is 366 g/mol. The predicted molar refractivity (Wildman–Crippen MR) is 106 cm³/mol. The normalized spacial score (nSPS) is 12.8. The van der Waals surface area contributed by atoms with Crippen LogP contribution in [0.3, 0.4) is 0 Å².